The fourth-order valence-electron chi connectivity index (χ4n) is 6.46. The number of nitrogens with one attached hydrogen (secondary N) is 1. The molecule has 15 heteroatoms. The maximum absolute atomic E-state index is 11.9. The van der Waals surface area contributed by atoms with Gasteiger partial charge in [-0.1, -0.05) is 59.6 Å². The van der Waals surface area contributed by atoms with Gasteiger partial charge in [0, 0.05) is 65.1 Å². The molecule has 0 saturated carbocycles. The zero-order chi connectivity index (χ0) is 46.4. The number of nitriles is 2. The van der Waals surface area contributed by atoms with E-state index >= 15 is 0 Å². The number of allylic oxidation sites excluding steroid dienone is 1. The third-order valence-corrected chi connectivity index (χ3v) is 10.9. The number of ether oxygens (including phenoxy) is 4. The van der Waals surface area contributed by atoms with Crippen LogP contribution in [0.2, 0.25) is 10.0 Å². The maximum Gasteiger partial charge on any atom is 0.326 e. The molecule has 4 N–H and O–H groups in total. The number of hydrogen-bond donors (Lipinski definition) is 4. The van der Waals surface area contributed by atoms with Gasteiger partial charge in [0.2, 0.25) is 0 Å². The van der Waals surface area contributed by atoms with Crippen molar-refractivity contribution >= 4 is 35.9 Å². The summed E-state index contributed by atoms with van der Waals surface area (Å²) in [7, 11) is 0. The van der Waals surface area contributed by atoms with Gasteiger partial charge >= 0.3 is 5.97 Å². The van der Waals surface area contributed by atoms with Gasteiger partial charge in [-0.15, -0.1) is 0 Å². The molecule has 0 bridgehead atoms. The highest BCUT2D eigenvalue weighted by Crippen LogP contribution is 2.37. The highest BCUT2D eigenvalue weighted by Gasteiger charge is 2.32. The quantitative estimate of drug-likeness (QED) is 0.0310. The summed E-state index contributed by atoms with van der Waals surface area (Å²) in [5, 5.41) is 51.5. The molecule has 0 saturated heterocycles. The molecule has 5 aromatic rings. The van der Waals surface area contributed by atoms with Gasteiger partial charge < -0.3 is 34.3 Å². The van der Waals surface area contributed by atoms with Crippen molar-refractivity contribution in [1.29, 1.82) is 10.5 Å². The second kappa shape index (κ2) is 22.6. The van der Waals surface area contributed by atoms with E-state index < -0.39 is 18.1 Å². The molecule has 1 atom stereocenters. The lowest BCUT2D eigenvalue weighted by Crippen LogP contribution is -2.52. The van der Waals surface area contributed by atoms with Crippen molar-refractivity contribution in [2.45, 2.75) is 66.2 Å². The molecule has 5 rings (SSSR count). The molecule has 0 amide bonds. The van der Waals surface area contributed by atoms with Gasteiger partial charge in [0.25, 0.3) is 0 Å². The first-order chi connectivity index (χ1) is 30.7. The molecule has 4 aromatic carbocycles. The van der Waals surface area contributed by atoms with E-state index in [-0.39, 0.29) is 44.6 Å². The van der Waals surface area contributed by atoms with Gasteiger partial charge in [-0.05, 0) is 92.1 Å². The Balaban J connectivity index is 1.35. The van der Waals surface area contributed by atoms with Gasteiger partial charge in [0.05, 0.1) is 34.9 Å². The third-order valence-electron chi connectivity index (χ3n) is 10.4. The number of halogens is 2. The van der Waals surface area contributed by atoms with Crippen LogP contribution in [0.5, 0.6) is 23.0 Å². The lowest BCUT2D eigenvalue weighted by atomic mass is 9.92. The second-order valence-electron chi connectivity index (χ2n) is 14.9. The zero-order valence-electron chi connectivity index (χ0n) is 35.7. The van der Waals surface area contributed by atoms with Crippen molar-refractivity contribution in [2.24, 2.45) is 4.99 Å². The fraction of sp³-hybridized carbons (Fsp3) is 0.245. The number of benzene rings is 4. The number of aliphatic hydroxyl groups is 2. The fourth-order valence-corrected chi connectivity index (χ4v) is 6.94. The van der Waals surface area contributed by atoms with E-state index in [1.165, 1.54) is 19.3 Å². The lowest BCUT2D eigenvalue weighted by Gasteiger charge is -2.25. The van der Waals surface area contributed by atoms with Gasteiger partial charge in [-0.2, -0.15) is 10.5 Å². The summed E-state index contributed by atoms with van der Waals surface area (Å²) in [6.07, 6.45) is 6.16. The monoisotopic (exact) mass is 903 g/mol. The predicted octanol–water partition coefficient (Wildman–Crippen LogP) is 9.13. The van der Waals surface area contributed by atoms with Crippen molar-refractivity contribution in [3.05, 3.63) is 157 Å². The number of aliphatic hydroxyl groups excluding tert-OH is 2. The molecule has 1 unspecified atom stereocenters. The molecule has 0 spiro atoms. The van der Waals surface area contributed by atoms with E-state index in [1.54, 1.807) is 49.5 Å². The number of aliphatic carboxylic acids is 1. The lowest BCUT2D eigenvalue weighted by molar-refractivity contribution is -0.145. The molecule has 64 heavy (non-hydrogen) atoms. The van der Waals surface area contributed by atoms with Crippen LogP contribution >= 0.6 is 23.2 Å². The molecule has 1 aromatic heterocycles. The summed E-state index contributed by atoms with van der Waals surface area (Å²) >= 11 is 13.4. The van der Waals surface area contributed by atoms with Crippen LogP contribution in [-0.2, 0) is 37.8 Å². The Bertz CT molecular complexity index is 2670. The highest BCUT2D eigenvalue weighted by atomic mass is 35.5. The molecule has 330 valence electrons. The van der Waals surface area contributed by atoms with E-state index in [2.05, 4.69) is 34.1 Å². The van der Waals surface area contributed by atoms with E-state index in [0.717, 1.165) is 33.4 Å². The minimum Gasteiger partial charge on any atom is -0.488 e. The van der Waals surface area contributed by atoms with Crippen LogP contribution in [0.25, 0.3) is 11.1 Å². The van der Waals surface area contributed by atoms with Gasteiger partial charge in [0.15, 0.2) is 0 Å². The van der Waals surface area contributed by atoms with E-state index in [1.807, 2.05) is 50.2 Å². The number of pyridine rings is 1. The molecule has 0 aliphatic carbocycles. The summed E-state index contributed by atoms with van der Waals surface area (Å²) in [5.74, 6) is 0.162. The number of hydrogen-bond acceptors (Lipinski definition) is 12. The Morgan fingerprint density at radius 1 is 0.844 bits per heavy atom. The van der Waals surface area contributed by atoms with Crippen LogP contribution in [0.4, 0.5) is 0 Å². The topological polar surface area (TPSA) is 200 Å². The zero-order valence-corrected chi connectivity index (χ0v) is 37.3. The number of aliphatic imine (C=N–C) groups is 1. The summed E-state index contributed by atoms with van der Waals surface area (Å²) in [6, 6.07) is 24.2. The Labute approximate surface area is 382 Å². The number of rotatable bonds is 21. The van der Waals surface area contributed by atoms with Crippen molar-refractivity contribution in [3.63, 3.8) is 0 Å². The number of nitrogens with zero attached hydrogens (tertiary/aromatic N) is 4. The smallest absolute Gasteiger partial charge is 0.326 e. The molecule has 13 nitrogen and oxygen atoms in total. The van der Waals surface area contributed by atoms with E-state index in [9.17, 15) is 30.6 Å². The minimum absolute atomic E-state index is 0.00583. The molecular weight excluding hydrogens is 857 g/mol. The third kappa shape index (κ3) is 12.3. The Morgan fingerprint density at radius 2 is 1.42 bits per heavy atom. The summed E-state index contributed by atoms with van der Waals surface area (Å²) in [5.41, 5.74) is 7.18. The largest absolute Gasteiger partial charge is 0.488 e. The average Bonchev–Trinajstić information content (AvgIpc) is 3.29. The normalized spacial score (nSPS) is 12.4. The summed E-state index contributed by atoms with van der Waals surface area (Å²) in [6.45, 7) is 10.0. The molecular formula is C49H47Cl2N5O8. The molecule has 1 heterocycles. The number of carboxylic acids is 1. The van der Waals surface area contributed by atoms with Gasteiger partial charge in [-0.25, -0.2) is 0 Å². The van der Waals surface area contributed by atoms with Crippen LogP contribution in [0.15, 0.2) is 108 Å². The van der Waals surface area contributed by atoms with Crippen molar-refractivity contribution < 1.29 is 39.1 Å². The first-order valence-electron chi connectivity index (χ1n) is 19.8. The number of aromatic nitrogens is 1. The van der Waals surface area contributed by atoms with Crippen LogP contribution < -0.4 is 24.3 Å². The summed E-state index contributed by atoms with van der Waals surface area (Å²) in [4.78, 5) is 19.8. The number of carbonyl (C=O) groups is 1. The van der Waals surface area contributed by atoms with Crippen LogP contribution in [-0.4, -0.2) is 51.7 Å². The van der Waals surface area contributed by atoms with E-state index in [4.69, 9.17) is 42.1 Å². The van der Waals surface area contributed by atoms with Crippen molar-refractivity contribution in [2.75, 3.05) is 13.2 Å². The summed E-state index contributed by atoms with van der Waals surface area (Å²) < 4.78 is 24.8. The van der Waals surface area contributed by atoms with Gasteiger partial charge in [-0.3, -0.25) is 20.1 Å². The molecule has 0 radical (unpaired) electrons. The molecule has 0 fully saturated rings. The van der Waals surface area contributed by atoms with Crippen LogP contribution in [0, 0.1) is 36.5 Å². The Hall–Kier alpha value is -6.71. The molecule has 0 aliphatic heterocycles. The van der Waals surface area contributed by atoms with Gasteiger partial charge in [0.1, 0.15) is 61.0 Å². The van der Waals surface area contributed by atoms with Crippen molar-refractivity contribution in [3.8, 4) is 46.3 Å². The standard InChI is InChI=1S/C49H47Cl2N5O8/c1-30(18-52)12-34(20-54-5)25-62-45-17-47(43(51)15-39(45)24-57)64-28-37-9-7-11-41(32(37)3)40-10-6-8-36(31(40)2)27-63-46-16-44(61-26-35-13-33(19-53)21-55-22-35)38(14-42(46)50)23-56-49(4,29-58)48(59)60/h6-17,20-22,56-58H,5,23-29H2,1-4H3,(H,59,60)/b30-12+,34-20+. The first-order valence-corrected chi connectivity index (χ1v) is 20.6. The van der Waals surface area contributed by atoms with E-state index in [0.29, 0.717) is 61.4 Å². The first kappa shape index (κ1) is 48.3. The minimum atomic E-state index is -1.62. The second-order valence-corrected chi connectivity index (χ2v) is 15.8. The molecule has 0 aliphatic rings. The van der Waals surface area contributed by atoms with Crippen molar-refractivity contribution in [1.82, 2.24) is 10.3 Å². The predicted molar refractivity (Wildman–Crippen MR) is 245 cm³/mol. The highest BCUT2D eigenvalue weighted by molar-refractivity contribution is 6.32. The Kier molecular flexibility index (Phi) is 17.1. The average molecular weight is 905 g/mol. The van der Waals surface area contributed by atoms with Crippen LogP contribution in [0.1, 0.15) is 58.4 Å². The Morgan fingerprint density at radius 3 is 1.95 bits per heavy atom. The number of carboxylic acid groups (broad SMARTS) is 1. The maximum atomic E-state index is 11.9. The van der Waals surface area contributed by atoms with Crippen LogP contribution in [0.3, 0.4) is 0 Å². The SMILES string of the molecule is C=N/C=C(\C=C(/C)C#N)COc1cc(OCc2cccc(-c3cccc(COc4cc(OCc5cncc(C#N)c5)c(CNC(C)(CO)C(=O)O)cc4Cl)c3C)c2C)c(Cl)cc1CO.